The SMILES string of the molecule is Cc1cc(CNc2nc(N)nc3ccccc23)on1. The van der Waals surface area contributed by atoms with Gasteiger partial charge < -0.3 is 15.6 Å². The molecule has 6 nitrogen and oxygen atoms in total. The van der Waals surface area contributed by atoms with Crippen LogP contribution in [0.1, 0.15) is 11.5 Å². The van der Waals surface area contributed by atoms with Crippen LogP contribution in [0.4, 0.5) is 11.8 Å². The van der Waals surface area contributed by atoms with Crippen molar-refractivity contribution in [1.82, 2.24) is 15.1 Å². The molecule has 0 saturated heterocycles. The lowest BCUT2D eigenvalue weighted by molar-refractivity contribution is 0.384. The fourth-order valence-electron chi connectivity index (χ4n) is 1.90. The molecule has 0 fully saturated rings. The van der Waals surface area contributed by atoms with Crippen LogP contribution >= 0.6 is 0 Å². The average molecular weight is 255 g/mol. The number of nitrogens with two attached hydrogens (primary N) is 1. The Balaban J connectivity index is 1.91. The summed E-state index contributed by atoms with van der Waals surface area (Å²) in [5.41, 5.74) is 7.36. The van der Waals surface area contributed by atoms with E-state index in [1.807, 2.05) is 37.3 Å². The van der Waals surface area contributed by atoms with Gasteiger partial charge in [-0.05, 0) is 19.1 Å². The molecule has 0 amide bonds. The molecule has 1 aromatic carbocycles. The summed E-state index contributed by atoms with van der Waals surface area (Å²) in [5.74, 6) is 1.69. The molecule has 0 atom stereocenters. The van der Waals surface area contributed by atoms with Crippen molar-refractivity contribution in [3.05, 3.63) is 41.8 Å². The first kappa shape index (κ1) is 11.5. The molecule has 0 aliphatic heterocycles. The van der Waals surface area contributed by atoms with Gasteiger partial charge in [-0.25, -0.2) is 4.98 Å². The Morgan fingerprint density at radius 3 is 2.89 bits per heavy atom. The third-order valence-corrected chi connectivity index (χ3v) is 2.73. The third kappa shape index (κ3) is 2.33. The highest BCUT2D eigenvalue weighted by molar-refractivity contribution is 5.89. The van der Waals surface area contributed by atoms with Crippen molar-refractivity contribution in [2.24, 2.45) is 0 Å². The Bertz CT molecular complexity index is 722. The molecule has 2 heterocycles. The number of para-hydroxylation sites is 1. The van der Waals surface area contributed by atoms with E-state index in [4.69, 9.17) is 10.3 Å². The second-order valence-corrected chi connectivity index (χ2v) is 4.24. The molecule has 0 aliphatic carbocycles. The molecule has 0 radical (unpaired) electrons. The topological polar surface area (TPSA) is 89.9 Å². The summed E-state index contributed by atoms with van der Waals surface area (Å²) in [7, 11) is 0. The fraction of sp³-hybridized carbons (Fsp3) is 0.154. The fourth-order valence-corrected chi connectivity index (χ4v) is 1.90. The number of nitrogen functional groups attached to an aromatic ring is 1. The van der Waals surface area contributed by atoms with Gasteiger partial charge in [-0.2, -0.15) is 4.98 Å². The van der Waals surface area contributed by atoms with Gasteiger partial charge in [0.1, 0.15) is 5.82 Å². The van der Waals surface area contributed by atoms with E-state index in [-0.39, 0.29) is 5.95 Å². The number of anilines is 2. The Morgan fingerprint density at radius 2 is 2.11 bits per heavy atom. The molecule has 0 aliphatic rings. The lowest BCUT2D eigenvalue weighted by Gasteiger charge is -2.07. The van der Waals surface area contributed by atoms with Gasteiger partial charge in [0, 0.05) is 11.5 Å². The maximum Gasteiger partial charge on any atom is 0.222 e. The number of hydrogen-bond acceptors (Lipinski definition) is 6. The molecule has 2 aromatic heterocycles. The van der Waals surface area contributed by atoms with Crippen LogP contribution in [0.3, 0.4) is 0 Å². The molecule has 0 unspecified atom stereocenters. The molecule has 0 spiro atoms. The molecule has 96 valence electrons. The maximum absolute atomic E-state index is 5.70. The number of rotatable bonds is 3. The van der Waals surface area contributed by atoms with E-state index in [0.29, 0.717) is 12.4 Å². The maximum atomic E-state index is 5.70. The van der Waals surface area contributed by atoms with E-state index < -0.39 is 0 Å². The van der Waals surface area contributed by atoms with Gasteiger partial charge in [-0.3, -0.25) is 0 Å². The molecule has 3 aromatic rings. The lowest BCUT2D eigenvalue weighted by Crippen LogP contribution is -2.04. The van der Waals surface area contributed by atoms with Crippen LogP contribution in [-0.4, -0.2) is 15.1 Å². The molecule has 3 N–H and O–H groups in total. The predicted octanol–water partition coefficient (Wildman–Crippen LogP) is 2.12. The largest absolute Gasteiger partial charge is 0.368 e. The third-order valence-electron chi connectivity index (χ3n) is 2.73. The zero-order valence-corrected chi connectivity index (χ0v) is 10.4. The Labute approximate surface area is 109 Å². The first-order chi connectivity index (χ1) is 9.22. The number of nitrogens with one attached hydrogen (secondary N) is 1. The van der Waals surface area contributed by atoms with E-state index in [9.17, 15) is 0 Å². The zero-order chi connectivity index (χ0) is 13.2. The van der Waals surface area contributed by atoms with Crippen molar-refractivity contribution in [1.29, 1.82) is 0 Å². The molecular weight excluding hydrogens is 242 g/mol. The second kappa shape index (κ2) is 4.56. The summed E-state index contributed by atoms with van der Waals surface area (Å²) in [5, 5.41) is 7.95. The van der Waals surface area contributed by atoms with Crippen molar-refractivity contribution in [2.45, 2.75) is 13.5 Å². The summed E-state index contributed by atoms with van der Waals surface area (Å²) in [6.07, 6.45) is 0. The monoisotopic (exact) mass is 255 g/mol. The quantitative estimate of drug-likeness (QED) is 0.745. The number of nitrogens with zero attached hydrogens (tertiary/aromatic N) is 3. The first-order valence-corrected chi connectivity index (χ1v) is 5.91. The predicted molar refractivity (Wildman–Crippen MR) is 72.5 cm³/mol. The van der Waals surface area contributed by atoms with Crippen molar-refractivity contribution in [2.75, 3.05) is 11.1 Å². The second-order valence-electron chi connectivity index (χ2n) is 4.24. The van der Waals surface area contributed by atoms with Crippen LogP contribution in [0.15, 0.2) is 34.9 Å². The van der Waals surface area contributed by atoms with Crippen molar-refractivity contribution >= 4 is 22.7 Å². The minimum atomic E-state index is 0.245. The summed E-state index contributed by atoms with van der Waals surface area (Å²) in [6, 6.07) is 9.57. The van der Waals surface area contributed by atoms with Crippen molar-refractivity contribution < 1.29 is 4.52 Å². The standard InChI is InChI=1S/C13H13N5O/c1-8-6-9(19-18-8)7-15-12-10-4-2-3-5-11(10)16-13(14)17-12/h2-6H,7H2,1H3,(H3,14,15,16,17). The van der Waals surface area contributed by atoms with Crippen molar-refractivity contribution in [3.8, 4) is 0 Å². The van der Waals surface area contributed by atoms with E-state index >= 15 is 0 Å². The van der Waals surface area contributed by atoms with Crippen LogP contribution in [-0.2, 0) is 6.54 Å². The number of benzene rings is 1. The van der Waals surface area contributed by atoms with Crippen LogP contribution in [0, 0.1) is 6.92 Å². The van der Waals surface area contributed by atoms with Crippen molar-refractivity contribution in [3.63, 3.8) is 0 Å². The van der Waals surface area contributed by atoms with Gasteiger partial charge in [0.15, 0.2) is 5.76 Å². The molecule has 0 bridgehead atoms. The first-order valence-electron chi connectivity index (χ1n) is 5.91. The number of fused-ring (bicyclic) bond motifs is 1. The smallest absolute Gasteiger partial charge is 0.222 e. The number of aryl methyl sites for hydroxylation is 1. The van der Waals surface area contributed by atoms with Gasteiger partial charge in [-0.15, -0.1) is 0 Å². The minimum absolute atomic E-state index is 0.245. The summed E-state index contributed by atoms with van der Waals surface area (Å²) in [6.45, 7) is 2.38. The highest BCUT2D eigenvalue weighted by Crippen LogP contribution is 2.21. The highest BCUT2D eigenvalue weighted by atomic mass is 16.5. The van der Waals surface area contributed by atoms with Gasteiger partial charge in [0.2, 0.25) is 5.95 Å². The Kier molecular flexibility index (Phi) is 2.75. The number of aromatic nitrogens is 3. The number of hydrogen-bond donors (Lipinski definition) is 2. The summed E-state index contributed by atoms with van der Waals surface area (Å²) < 4.78 is 5.14. The minimum Gasteiger partial charge on any atom is -0.368 e. The van der Waals surface area contributed by atoms with Crippen LogP contribution in [0.25, 0.3) is 10.9 Å². The zero-order valence-electron chi connectivity index (χ0n) is 10.4. The molecular formula is C13H13N5O. The Hall–Kier alpha value is -2.63. The summed E-state index contributed by atoms with van der Waals surface area (Å²) >= 11 is 0. The van der Waals surface area contributed by atoms with E-state index in [1.165, 1.54) is 0 Å². The van der Waals surface area contributed by atoms with Gasteiger partial charge in [0.05, 0.1) is 17.8 Å². The van der Waals surface area contributed by atoms with Gasteiger partial charge >= 0.3 is 0 Å². The highest BCUT2D eigenvalue weighted by Gasteiger charge is 2.07. The molecule has 19 heavy (non-hydrogen) atoms. The van der Waals surface area contributed by atoms with Gasteiger partial charge in [-0.1, -0.05) is 17.3 Å². The van der Waals surface area contributed by atoms with E-state index in [2.05, 4.69) is 20.4 Å². The summed E-state index contributed by atoms with van der Waals surface area (Å²) in [4.78, 5) is 8.40. The van der Waals surface area contributed by atoms with Crippen LogP contribution < -0.4 is 11.1 Å². The molecule has 6 heteroatoms. The van der Waals surface area contributed by atoms with Crippen LogP contribution in [0.5, 0.6) is 0 Å². The lowest BCUT2D eigenvalue weighted by atomic mass is 10.2. The molecule has 3 rings (SSSR count). The Morgan fingerprint density at radius 1 is 1.26 bits per heavy atom. The van der Waals surface area contributed by atoms with Crippen LogP contribution in [0.2, 0.25) is 0 Å². The molecule has 0 saturated carbocycles. The van der Waals surface area contributed by atoms with E-state index in [0.717, 1.165) is 22.4 Å². The van der Waals surface area contributed by atoms with Gasteiger partial charge in [0.25, 0.3) is 0 Å². The average Bonchev–Trinajstić information content (AvgIpc) is 2.81. The normalized spacial score (nSPS) is 10.8. The van der Waals surface area contributed by atoms with E-state index in [1.54, 1.807) is 0 Å².